The van der Waals surface area contributed by atoms with Crippen LogP contribution in [0.25, 0.3) is 93.7 Å². The molecule has 5 heteroatoms. The molecule has 0 saturated heterocycles. The van der Waals surface area contributed by atoms with Crippen molar-refractivity contribution >= 4 is 93.9 Å². The van der Waals surface area contributed by atoms with Crippen LogP contribution < -0.4 is 4.90 Å². The lowest BCUT2D eigenvalue weighted by Gasteiger charge is -2.27. The normalized spacial score (nSPS) is 12.0. The Morgan fingerprint density at radius 3 is 1.62 bits per heavy atom. The molecule has 12 rings (SSSR count). The minimum Gasteiger partial charge on any atom is -0.456 e. The van der Waals surface area contributed by atoms with E-state index in [9.17, 15) is 0 Å². The molecular formula is C50H30N2O3. The van der Waals surface area contributed by atoms with Crippen molar-refractivity contribution in [2.75, 3.05) is 4.90 Å². The second-order valence-corrected chi connectivity index (χ2v) is 14.1. The fourth-order valence-electron chi connectivity index (χ4n) is 8.58. The Morgan fingerprint density at radius 1 is 0.364 bits per heavy atom. The Bertz CT molecular complexity index is 3340. The van der Waals surface area contributed by atoms with Gasteiger partial charge in [0.05, 0.1) is 11.2 Å². The molecule has 0 amide bonds. The molecule has 12 aromatic rings. The Balaban J connectivity index is 1.12. The van der Waals surface area contributed by atoms with Crippen LogP contribution in [0.3, 0.4) is 0 Å². The van der Waals surface area contributed by atoms with Gasteiger partial charge in [-0.05, 0) is 72.8 Å². The molecule has 0 aliphatic carbocycles. The topological polar surface area (TPSA) is 47.6 Å². The van der Waals surface area contributed by atoms with Crippen molar-refractivity contribution in [3.05, 3.63) is 182 Å². The number of hydrogen-bond acceptors (Lipinski definition) is 4. The lowest BCUT2D eigenvalue weighted by Crippen LogP contribution is -2.11. The number of fused-ring (bicyclic) bond motifs is 11. The highest BCUT2D eigenvalue weighted by molar-refractivity contribution is 6.19. The number of rotatable bonds is 5. The molecule has 0 fully saturated rings. The molecule has 0 aliphatic rings. The first kappa shape index (κ1) is 30.0. The second kappa shape index (κ2) is 11.5. The van der Waals surface area contributed by atoms with Crippen molar-refractivity contribution in [1.29, 1.82) is 0 Å². The summed E-state index contributed by atoms with van der Waals surface area (Å²) < 4.78 is 22.2. The summed E-state index contributed by atoms with van der Waals surface area (Å²) in [5, 5.41) is 6.50. The predicted molar refractivity (Wildman–Crippen MR) is 225 cm³/mol. The van der Waals surface area contributed by atoms with E-state index in [4.69, 9.17) is 13.3 Å². The van der Waals surface area contributed by atoms with Gasteiger partial charge in [0.2, 0.25) is 0 Å². The maximum atomic E-state index is 7.01. The number of aromatic nitrogens is 1. The van der Waals surface area contributed by atoms with E-state index in [-0.39, 0.29) is 0 Å². The van der Waals surface area contributed by atoms with Gasteiger partial charge in [-0.3, -0.25) is 0 Å². The maximum absolute atomic E-state index is 7.01. The summed E-state index contributed by atoms with van der Waals surface area (Å²) >= 11 is 0. The van der Waals surface area contributed by atoms with Crippen LogP contribution in [0.15, 0.2) is 195 Å². The standard InChI is InChI=1S/C50H30N2O3/c1-2-13-31(14-3-1)52-43-22-9-5-18-40(43)50-48(52)41-20-12-19-39(49(41)55-50)34-15-4-8-21-42(34)51(32-25-27-37-35-16-6-10-23-44(35)53-46(37)29-32)33-26-28-38-36-17-7-11-24-45(36)54-47(38)30-33/h1-30H. The molecule has 0 atom stereocenters. The molecule has 0 bridgehead atoms. The van der Waals surface area contributed by atoms with Crippen molar-refractivity contribution in [1.82, 2.24) is 4.57 Å². The average Bonchev–Trinajstić information content (AvgIpc) is 3.99. The molecule has 0 radical (unpaired) electrons. The Labute approximate surface area is 314 Å². The van der Waals surface area contributed by atoms with E-state index in [0.29, 0.717) is 0 Å². The van der Waals surface area contributed by atoms with E-state index in [1.165, 1.54) is 0 Å². The van der Waals surface area contributed by atoms with Crippen LogP contribution in [0.5, 0.6) is 0 Å². The summed E-state index contributed by atoms with van der Waals surface area (Å²) in [6, 6.07) is 63.5. The smallest absolute Gasteiger partial charge is 0.161 e. The van der Waals surface area contributed by atoms with Crippen molar-refractivity contribution in [3.8, 4) is 16.8 Å². The van der Waals surface area contributed by atoms with Crippen LogP contribution in [-0.2, 0) is 0 Å². The molecule has 258 valence electrons. The van der Waals surface area contributed by atoms with Gasteiger partial charge in [-0.2, -0.15) is 0 Å². The molecule has 4 aromatic heterocycles. The van der Waals surface area contributed by atoms with E-state index in [2.05, 4.69) is 167 Å². The molecule has 0 spiro atoms. The molecule has 0 N–H and O–H groups in total. The first-order chi connectivity index (χ1) is 27.3. The zero-order valence-electron chi connectivity index (χ0n) is 29.4. The van der Waals surface area contributed by atoms with Gasteiger partial charge in [-0.1, -0.05) is 97.1 Å². The monoisotopic (exact) mass is 706 g/mol. The molecular weight excluding hydrogens is 677 g/mol. The third-order valence-electron chi connectivity index (χ3n) is 11.0. The lowest BCUT2D eigenvalue weighted by atomic mass is 9.99. The van der Waals surface area contributed by atoms with Crippen LogP contribution in [0.4, 0.5) is 17.1 Å². The zero-order valence-corrected chi connectivity index (χ0v) is 29.4. The number of furan rings is 3. The van der Waals surface area contributed by atoms with Gasteiger partial charge >= 0.3 is 0 Å². The third kappa shape index (κ3) is 4.41. The largest absolute Gasteiger partial charge is 0.456 e. The molecule has 4 heterocycles. The summed E-state index contributed by atoms with van der Waals surface area (Å²) in [6.45, 7) is 0. The highest BCUT2D eigenvalue weighted by atomic mass is 16.3. The molecule has 0 saturated carbocycles. The SMILES string of the molecule is c1ccc(-n2c3ccccc3c3oc4c(-c5ccccc5N(c5ccc6c(c5)oc5ccccc56)c5ccc6c(c5)oc5ccccc56)cccc4c32)cc1. The van der Waals surface area contributed by atoms with Gasteiger partial charge in [-0.15, -0.1) is 0 Å². The molecule has 0 aliphatic heterocycles. The van der Waals surface area contributed by atoms with Gasteiger partial charge in [0.15, 0.2) is 5.58 Å². The molecule has 55 heavy (non-hydrogen) atoms. The fraction of sp³-hybridized carbons (Fsp3) is 0. The maximum Gasteiger partial charge on any atom is 0.161 e. The average molecular weight is 707 g/mol. The summed E-state index contributed by atoms with van der Waals surface area (Å²) in [4.78, 5) is 2.30. The fourth-order valence-corrected chi connectivity index (χ4v) is 8.58. The van der Waals surface area contributed by atoms with Crippen LogP contribution in [0.2, 0.25) is 0 Å². The number of nitrogens with zero attached hydrogens (tertiary/aromatic N) is 2. The number of hydrogen-bond donors (Lipinski definition) is 0. The van der Waals surface area contributed by atoms with Crippen molar-refractivity contribution in [2.24, 2.45) is 0 Å². The Morgan fingerprint density at radius 2 is 0.909 bits per heavy atom. The summed E-state index contributed by atoms with van der Waals surface area (Å²) in [5.74, 6) is 0. The van der Waals surface area contributed by atoms with Crippen molar-refractivity contribution < 1.29 is 13.3 Å². The molecule has 5 nitrogen and oxygen atoms in total. The van der Waals surface area contributed by atoms with Gasteiger partial charge < -0.3 is 22.7 Å². The summed E-state index contributed by atoms with van der Waals surface area (Å²) in [6.07, 6.45) is 0. The summed E-state index contributed by atoms with van der Waals surface area (Å²) in [7, 11) is 0. The van der Waals surface area contributed by atoms with E-state index in [1.54, 1.807) is 0 Å². The first-order valence-corrected chi connectivity index (χ1v) is 18.5. The van der Waals surface area contributed by atoms with Gasteiger partial charge in [0.1, 0.15) is 33.4 Å². The van der Waals surface area contributed by atoms with Gasteiger partial charge in [0, 0.05) is 72.6 Å². The van der Waals surface area contributed by atoms with E-state index in [1.807, 2.05) is 24.3 Å². The van der Waals surface area contributed by atoms with Crippen LogP contribution >= 0.6 is 0 Å². The first-order valence-electron chi connectivity index (χ1n) is 18.5. The van der Waals surface area contributed by atoms with Gasteiger partial charge in [0.25, 0.3) is 0 Å². The second-order valence-electron chi connectivity index (χ2n) is 14.1. The number of benzene rings is 8. The van der Waals surface area contributed by atoms with Gasteiger partial charge in [-0.25, -0.2) is 0 Å². The minimum absolute atomic E-state index is 0.829. The molecule has 0 unspecified atom stereocenters. The quantitative estimate of drug-likeness (QED) is 0.179. The molecule has 8 aromatic carbocycles. The minimum atomic E-state index is 0.829. The van der Waals surface area contributed by atoms with E-state index >= 15 is 0 Å². The van der Waals surface area contributed by atoms with Crippen molar-refractivity contribution in [3.63, 3.8) is 0 Å². The lowest BCUT2D eigenvalue weighted by molar-refractivity contribution is 0.669. The highest BCUT2D eigenvalue weighted by Gasteiger charge is 2.25. The van der Waals surface area contributed by atoms with E-state index < -0.39 is 0 Å². The number of anilines is 3. The zero-order chi connectivity index (χ0) is 36.0. The van der Waals surface area contributed by atoms with Crippen LogP contribution in [0, 0.1) is 0 Å². The van der Waals surface area contributed by atoms with E-state index in [0.717, 1.165) is 111 Å². The van der Waals surface area contributed by atoms with Crippen LogP contribution in [0.1, 0.15) is 0 Å². The highest BCUT2D eigenvalue weighted by Crippen LogP contribution is 2.47. The third-order valence-corrected chi connectivity index (χ3v) is 11.0. The van der Waals surface area contributed by atoms with Crippen molar-refractivity contribution in [2.45, 2.75) is 0 Å². The number of para-hydroxylation sites is 6. The summed E-state index contributed by atoms with van der Waals surface area (Å²) in [5.41, 5.74) is 13.4. The Kier molecular flexibility index (Phi) is 6.27. The van der Waals surface area contributed by atoms with Crippen LogP contribution in [-0.4, -0.2) is 4.57 Å². The predicted octanol–water partition coefficient (Wildman–Crippen LogP) is 14.5. The Hall–Kier alpha value is -7.50.